The summed E-state index contributed by atoms with van der Waals surface area (Å²) in [6.07, 6.45) is 3.17. The summed E-state index contributed by atoms with van der Waals surface area (Å²) in [5.41, 5.74) is 5.38. The van der Waals surface area contributed by atoms with E-state index in [2.05, 4.69) is 12.2 Å². The number of piperidine rings is 1. The maximum Gasteiger partial charge on any atom is 0.234 e. The molecule has 1 saturated heterocycles. The van der Waals surface area contributed by atoms with E-state index in [9.17, 15) is 9.59 Å². The standard InChI is InChI=1S/C14H27N3O2/c1-4-10-9-17(13(18)6-3)8-7-12(10)16-11(5-2)14(15)19/h10-12,16H,4-9H2,1-3H3,(H2,15,19)/t10-,11+,12-/m0/s1. The van der Waals surface area contributed by atoms with Crippen LogP contribution < -0.4 is 11.1 Å². The lowest BCUT2D eigenvalue weighted by molar-refractivity contribution is -0.133. The molecule has 1 fully saturated rings. The van der Waals surface area contributed by atoms with Crippen LogP contribution in [-0.2, 0) is 9.59 Å². The molecule has 1 aliphatic rings. The van der Waals surface area contributed by atoms with Gasteiger partial charge < -0.3 is 16.0 Å². The number of hydrogen-bond donors (Lipinski definition) is 2. The molecule has 0 saturated carbocycles. The fourth-order valence-corrected chi connectivity index (χ4v) is 2.77. The van der Waals surface area contributed by atoms with Gasteiger partial charge >= 0.3 is 0 Å². The maximum absolute atomic E-state index is 11.8. The molecular formula is C14H27N3O2. The lowest BCUT2D eigenvalue weighted by Gasteiger charge is -2.40. The van der Waals surface area contributed by atoms with Gasteiger partial charge in [0.25, 0.3) is 0 Å². The van der Waals surface area contributed by atoms with Crippen LogP contribution in [0.4, 0.5) is 0 Å². The van der Waals surface area contributed by atoms with E-state index in [1.54, 1.807) is 0 Å². The highest BCUT2D eigenvalue weighted by molar-refractivity contribution is 5.79. The van der Waals surface area contributed by atoms with E-state index in [0.29, 0.717) is 18.8 Å². The van der Waals surface area contributed by atoms with Crippen molar-refractivity contribution in [1.82, 2.24) is 10.2 Å². The molecule has 0 aromatic carbocycles. The van der Waals surface area contributed by atoms with E-state index in [1.165, 1.54) is 0 Å². The minimum atomic E-state index is -0.288. The van der Waals surface area contributed by atoms with Crippen molar-refractivity contribution < 1.29 is 9.59 Å². The summed E-state index contributed by atoms with van der Waals surface area (Å²) < 4.78 is 0. The molecule has 0 aromatic rings. The third-order valence-corrected chi connectivity index (χ3v) is 4.08. The van der Waals surface area contributed by atoms with Gasteiger partial charge in [-0.25, -0.2) is 0 Å². The van der Waals surface area contributed by atoms with E-state index in [-0.39, 0.29) is 23.9 Å². The Morgan fingerprint density at radius 3 is 2.53 bits per heavy atom. The Morgan fingerprint density at radius 1 is 1.37 bits per heavy atom. The molecule has 110 valence electrons. The number of rotatable bonds is 6. The highest BCUT2D eigenvalue weighted by Crippen LogP contribution is 2.21. The van der Waals surface area contributed by atoms with Crippen molar-refractivity contribution in [1.29, 1.82) is 0 Å². The number of carbonyl (C=O) groups excluding carboxylic acids is 2. The normalized spacial score (nSPS) is 25.1. The maximum atomic E-state index is 11.8. The summed E-state index contributed by atoms with van der Waals surface area (Å²) in [4.78, 5) is 25.0. The van der Waals surface area contributed by atoms with Crippen LogP contribution >= 0.6 is 0 Å². The molecule has 2 amide bonds. The van der Waals surface area contributed by atoms with Crippen LogP contribution in [0, 0.1) is 5.92 Å². The number of hydrogen-bond acceptors (Lipinski definition) is 3. The van der Waals surface area contributed by atoms with E-state index in [0.717, 1.165) is 25.9 Å². The number of primary amides is 1. The number of likely N-dealkylation sites (tertiary alicyclic amines) is 1. The smallest absolute Gasteiger partial charge is 0.234 e. The van der Waals surface area contributed by atoms with E-state index >= 15 is 0 Å². The molecule has 1 rings (SSSR count). The second-order valence-electron chi connectivity index (χ2n) is 5.29. The Morgan fingerprint density at radius 2 is 2.05 bits per heavy atom. The molecule has 0 bridgehead atoms. The SMILES string of the molecule is CCC(=O)N1CC[C@H](N[C@H](CC)C(N)=O)[C@@H](CC)C1. The van der Waals surface area contributed by atoms with Crippen LogP contribution in [0.25, 0.3) is 0 Å². The van der Waals surface area contributed by atoms with Gasteiger partial charge in [0.15, 0.2) is 0 Å². The van der Waals surface area contributed by atoms with Crippen molar-refractivity contribution in [2.24, 2.45) is 11.7 Å². The molecule has 3 atom stereocenters. The van der Waals surface area contributed by atoms with E-state index in [1.807, 2.05) is 18.7 Å². The number of carbonyl (C=O) groups is 2. The Balaban J connectivity index is 2.61. The van der Waals surface area contributed by atoms with Crippen molar-refractivity contribution in [3.05, 3.63) is 0 Å². The van der Waals surface area contributed by atoms with Gasteiger partial charge in [0.05, 0.1) is 6.04 Å². The Labute approximate surface area is 115 Å². The van der Waals surface area contributed by atoms with Gasteiger partial charge in [-0.2, -0.15) is 0 Å². The molecule has 0 radical (unpaired) electrons. The Kier molecular flexibility index (Phi) is 6.28. The minimum absolute atomic E-state index is 0.221. The van der Waals surface area contributed by atoms with Crippen LogP contribution in [0.1, 0.15) is 46.5 Å². The molecule has 0 aliphatic carbocycles. The van der Waals surface area contributed by atoms with Crippen LogP contribution in [0.15, 0.2) is 0 Å². The highest BCUT2D eigenvalue weighted by Gasteiger charge is 2.31. The average Bonchev–Trinajstić information content (AvgIpc) is 2.43. The molecule has 5 nitrogen and oxygen atoms in total. The molecule has 19 heavy (non-hydrogen) atoms. The van der Waals surface area contributed by atoms with E-state index < -0.39 is 0 Å². The van der Waals surface area contributed by atoms with Crippen LogP contribution in [0.2, 0.25) is 0 Å². The molecular weight excluding hydrogens is 242 g/mol. The largest absolute Gasteiger partial charge is 0.368 e. The third-order valence-electron chi connectivity index (χ3n) is 4.08. The summed E-state index contributed by atoms with van der Waals surface area (Å²) in [7, 11) is 0. The van der Waals surface area contributed by atoms with Crippen LogP contribution in [0.3, 0.4) is 0 Å². The second kappa shape index (κ2) is 7.48. The first-order valence-corrected chi connectivity index (χ1v) is 7.36. The molecule has 3 N–H and O–H groups in total. The lowest BCUT2D eigenvalue weighted by Crippen LogP contribution is -2.55. The van der Waals surface area contributed by atoms with Crippen molar-refractivity contribution in [3.63, 3.8) is 0 Å². The van der Waals surface area contributed by atoms with Gasteiger partial charge in [-0.3, -0.25) is 9.59 Å². The lowest BCUT2D eigenvalue weighted by atomic mass is 9.89. The first kappa shape index (κ1) is 16.0. The zero-order valence-electron chi connectivity index (χ0n) is 12.3. The van der Waals surface area contributed by atoms with Gasteiger partial charge in [-0.05, 0) is 18.8 Å². The van der Waals surface area contributed by atoms with Crippen LogP contribution in [0.5, 0.6) is 0 Å². The Hall–Kier alpha value is -1.10. The minimum Gasteiger partial charge on any atom is -0.368 e. The monoisotopic (exact) mass is 269 g/mol. The topological polar surface area (TPSA) is 75.4 Å². The molecule has 1 aliphatic heterocycles. The summed E-state index contributed by atoms with van der Waals surface area (Å²) in [6, 6.07) is 0.0239. The molecule has 0 unspecified atom stereocenters. The van der Waals surface area contributed by atoms with Crippen molar-refractivity contribution in [2.45, 2.75) is 58.5 Å². The quantitative estimate of drug-likeness (QED) is 0.751. The van der Waals surface area contributed by atoms with Crippen molar-refractivity contribution in [3.8, 4) is 0 Å². The summed E-state index contributed by atoms with van der Waals surface area (Å²) in [5, 5.41) is 3.37. The fraction of sp³-hybridized carbons (Fsp3) is 0.857. The third kappa shape index (κ3) is 4.20. The summed E-state index contributed by atoms with van der Waals surface area (Å²) in [6.45, 7) is 7.55. The average molecular weight is 269 g/mol. The number of nitrogens with zero attached hydrogens (tertiary/aromatic N) is 1. The molecule has 5 heteroatoms. The predicted octanol–water partition coefficient (Wildman–Crippen LogP) is 0.877. The van der Waals surface area contributed by atoms with Gasteiger partial charge in [0.1, 0.15) is 0 Å². The van der Waals surface area contributed by atoms with Gasteiger partial charge in [-0.1, -0.05) is 27.2 Å². The summed E-state index contributed by atoms with van der Waals surface area (Å²) >= 11 is 0. The number of amides is 2. The van der Waals surface area contributed by atoms with Gasteiger partial charge in [0.2, 0.25) is 11.8 Å². The number of nitrogens with two attached hydrogens (primary N) is 1. The fourth-order valence-electron chi connectivity index (χ4n) is 2.77. The zero-order valence-corrected chi connectivity index (χ0v) is 12.3. The number of nitrogens with one attached hydrogen (secondary N) is 1. The molecule has 1 heterocycles. The predicted molar refractivity (Wildman–Crippen MR) is 75.5 cm³/mol. The first-order valence-electron chi connectivity index (χ1n) is 7.36. The summed E-state index contributed by atoms with van der Waals surface area (Å²) in [5.74, 6) is 0.334. The van der Waals surface area contributed by atoms with Gasteiger partial charge in [-0.15, -0.1) is 0 Å². The van der Waals surface area contributed by atoms with Crippen molar-refractivity contribution in [2.75, 3.05) is 13.1 Å². The molecule has 0 aromatic heterocycles. The first-order chi connectivity index (χ1) is 9.03. The second-order valence-corrected chi connectivity index (χ2v) is 5.29. The Bertz CT molecular complexity index is 320. The van der Waals surface area contributed by atoms with Gasteiger partial charge in [0, 0.05) is 25.6 Å². The highest BCUT2D eigenvalue weighted by atomic mass is 16.2. The van der Waals surface area contributed by atoms with E-state index in [4.69, 9.17) is 5.73 Å². The van der Waals surface area contributed by atoms with Crippen LogP contribution in [-0.4, -0.2) is 41.9 Å². The zero-order chi connectivity index (χ0) is 14.4. The van der Waals surface area contributed by atoms with Crippen molar-refractivity contribution >= 4 is 11.8 Å². The molecule has 0 spiro atoms.